The van der Waals surface area contributed by atoms with E-state index < -0.39 is 0 Å². The van der Waals surface area contributed by atoms with Crippen molar-refractivity contribution in [2.24, 2.45) is 0 Å². The van der Waals surface area contributed by atoms with Gasteiger partial charge in [-0.3, -0.25) is 0 Å². The molecule has 1 N–H and O–H groups in total. The summed E-state index contributed by atoms with van der Waals surface area (Å²) in [4.78, 5) is 0. The van der Waals surface area contributed by atoms with Crippen molar-refractivity contribution >= 4 is 11.6 Å². The molecule has 2 rings (SSSR count). The second-order valence-corrected chi connectivity index (χ2v) is 4.91. The van der Waals surface area contributed by atoms with Gasteiger partial charge in [0.1, 0.15) is 5.75 Å². The van der Waals surface area contributed by atoms with E-state index in [1.807, 2.05) is 36.4 Å². The molecule has 0 saturated heterocycles. The fraction of sp³-hybridized carbons (Fsp3) is 0.250. The fourth-order valence-corrected chi connectivity index (χ4v) is 2.20. The molecule has 3 heteroatoms. The quantitative estimate of drug-likeness (QED) is 0.883. The van der Waals surface area contributed by atoms with Gasteiger partial charge in [-0.25, -0.2) is 0 Å². The number of benzene rings is 2. The van der Waals surface area contributed by atoms with E-state index in [2.05, 4.69) is 24.4 Å². The summed E-state index contributed by atoms with van der Waals surface area (Å²) in [5, 5.41) is 4.25. The van der Waals surface area contributed by atoms with Gasteiger partial charge in [-0.15, -0.1) is 0 Å². The lowest BCUT2D eigenvalue weighted by Crippen LogP contribution is -2.18. The van der Waals surface area contributed by atoms with E-state index in [9.17, 15) is 0 Å². The molecule has 19 heavy (non-hydrogen) atoms. The highest BCUT2D eigenvalue weighted by atomic mass is 35.5. The number of hydrogen-bond acceptors (Lipinski definition) is 2. The molecule has 2 nitrogen and oxygen atoms in total. The van der Waals surface area contributed by atoms with Crippen LogP contribution in [0.2, 0.25) is 5.02 Å². The molecular weight excluding hydrogens is 258 g/mol. The van der Waals surface area contributed by atoms with Gasteiger partial charge in [0.05, 0.1) is 7.11 Å². The fourth-order valence-electron chi connectivity index (χ4n) is 2.01. The zero-order chi connectivity index (χ0) is 13.7. The molecule has 0 aliphatic heterocycles. The van der Waals surface area contributed by atoms with Crippen LogP contribution in [0.4, 0.5) is 0 Å². The lowest BCUT2D eigenvalue weighted by Gasteiger charge is -2.16. The van der Waals surface area contributed by atoms with Crippen molar-refractivity contribution < 1.29 is 4.74 Å². The van der Waals surface area contributed by atoms with E-state index in [1.54, 1.807) is 7.11 Å². The van der Waals surface area contributed by atoms with Gasteiger partial charge < -0.3 is 10.1 Å². The maximum Gasteiger partial charge on any atom is 0.123 e. The van der Waals surface area contributed by atoms with Crippen LogP contribution >= 0.6 is 11.6 Å². The number of halogens is 1. The molecule has 0 aliphatic rings. The van der Waals surface area contributed by atoms with Crippen LogP contribution in [0.25, 0.3) is 0 Å². The minimum absolute atomic E-state index is 0.239. The number of methoxy groups -OCH3 is 1. The van der Waals surface area contributed by atoms with Crippen molar-refractivity contribution in [2.45, 2.75) is 19.5 Å². The standard InChI is InChI=1S/C16H18ClNO/c1-12(13-7-5-8-15(17)10-13)18-11-14-6-3-4-9-16(14)19-2/h3-10,12,18H,11H2,1-2H3. The Bertz CT molecular complexity index is 542. The van der Waals surface area contributed by atoms with Crippen LogP contribution in [0, 0.1) is 0 Å². The third kappa shape index (κ3) is 3.72. The molecule has 0 aliphatic carbocycles. The average molecular weight is 276 g/mol. The molecule has 0 bridgehead atoms. The first-order valence-electron chi connectivity index (χ1n) is 6.31. The summed E-state index contributed by atoms with van der Waals surface area (Å²) in [5.41, 5.74) is 2.33. The number of ether oxygens (including phenoxy) is 1. The van der Waals surface area contributed by atoms with Crippen molar-refractivity contribution in [1.82, 2.24) is 5.32 Å². The summed E-state index contributed by atoms with van der Waals surface area (Å²) in [5.74, 6) is 0.910. The average Bonchev–Trinajstić information content (AvgIpc) is 2.45. The maximum atomic E-state index is 6.01. The first-order chi connectivity index (χ1) is 9.20. The molecule has 0 heterocycles. The van der Waals surface area contributed by atoms with Crippen LogP contribution in [0.5, 0.6) is 5.75 Å². The molecule has 2 aromatic carbocycles. The largest absolute Gasteiger partial charge is 0.496 e. The molecule has 0 fully saturated rings. The highest BCUT2D eigenvalue weighted by Crippen LogP contribution is 2.20. The van der Waals surface area contributed by atoms with Crippen molar-refractivity contribution in [1.29, 1.82) is 0 Å². The summed E-state index contributed by atoms with van der Waals surface area (Å²) in [7, 11) is 1.69. The van der Waals surface area contributed by atoms with Gasteiger partial charge in [-0.1, -0.05) is 41.9 Å². The van der Waals surface area contributed by atoms with Gasteiger partial charge in [0.25, 0.3) is 0 Å². The Morgan fingerprint density at radius 2 is 1.95 bits per heavy atom. The smallest absolute Gasteiger partial charge is 0.123 e. The van der Waals surface area contributed by atoms with E-state index in [0.717, 1.165) is 22.9 Å². The minimum Gasteiger partial charge on any atom is -0.496 e. The second-order valence-electron chi connectivity index (χ2n) is 4.47. The van der Waals surface area contributed by atoms with Crippen LogP contribution in [-0.2, 0) is 6.54 Å². The monoisotopic (exact) mass is 275 g/mol. The Labute approximate surface area is 119 Å². The molecule has 2 aromatic rings. The Balaban J connectivity index is 2.02. The normalized spacial score (nSPS) is 12.2. The molecule has 100 valence electrons. The van der Waals surface area contributed by atoms with Gasteiger partial charge in [0.2, 0.25) is 0 Å². The Hall–Kier alpha value is -1.51. The number of rotatable bonds is 5. The number of nitrogens with one attached hydrogen (secondary N) is 1. The molecule has 0 aromatic heterocycles. The van der Waals surface area contributed by atoms with Gasteiger partial charge in [-0.05, 0) is 30.7 Å². The molecule has 0 saturated carbocycles. The zero-order valence-electron chi connectivity index (χ0n) is 11.2. The lowest BCUT2D eigenvalue weighted by atomic mass is 10.1. The first-order valence-corrected chi connectivity index (χ1v) is 6.69. The van der Waals surface area contributed by atoms with E-state index in [-0.39, 0.29) is 6.04 Å². The van der Waals surface area contributed by atoms with Crippen molar-refractivity contribution in [2.75, 3.05) is 7.11 Å². The van der Waals surface area contributed by atoms with Crippen LogP contribution < -0.4 is 10.1 Å². The Morgan fingerprint density at radius 3 is 2.68 bits per heavy atom. The highest BCUT2D eigenvalue weighted by molar-refractivity contribution is 6.30. The van der Waals surface area contributed by atoms with E-state index in [0.29, 0.717) is 0 Å². The van der Waals surface area contributed by atoms with Crippen LogP contribution in [-0.4, -0.2) is 7.11 Å². The predicted molar refractivity (Wildman–Crippen MR) is 79.7 cm³/mol. The van der Waals surface area contributed by atoms with E-state index in [4.69, 9.17) is 16.3 Å². The second kappa shape index (κ2) is 6.60. The molecular formula is C16H18ClNO. The molecule has 0 amide bonds. The third-order valence-electron chi connectivity index (χ3n) is 3.14. The lowest BCUT2D eigenvalue weighted by molar-refractivity contribution is 0.406. The van der Waals surface area contributed by atoms with Crippen LogP contribution in [0.3, 0.4) is 0 Å². The third-order valence-corrected chi connectivity index (χ3v) is 3.37. The molecule has 1 atom stereocenters. The highest BCUT2D eigenvalue weighted by Gasteiger charge is 2.07. The van der Waals surface area contributed by atoms with Crippen LogP contribution in [0.1, 0.15) is 24.1 Å². The van der Waals surface area contributed by atoms with Gasteiger partial charge >= 0.3 is 0 Å². The Morgan fingerprint density at radius 1 is 1.16 bits per heavy atom. The molecule has 0 spiro atoms. The summed E-state index contributed by atoms with van der Waals surface area (Å²) in [6.45, 7) is 2.89. The van der Waals surface area contributed by atoms with Crippen molar-refractivity contribution in [3.05, 3.63) is 64.7 Å². The zero-order valence-corrected chi connectivity index (χ0v) is 11.9. The van der Waals surface area contributed by atoms with Crippen molar-refractivity contribution in [3.63, 3.8) is 0 Å². The molecule has 1 unspecified atom stereocenters. The number of para-hydroxylation sites is 1. The maximum absolute atomic E-state index is 6.01. The SMILES string of the molecule is COc1ccccc1CNC(C)c1cccc(Cl)c1. The predicted octanol–water partition coefficient (Wildman–Crippen LogP) is 4.20. The van der Waals surface area contributed by atoms with Gasteiger partial charge in [0.15, 0.2) is 0 Å². The summed E-state index contributed by atoms with van der Waals surface area (Å²) in [6, 6.07) is 16.2. The van der Waals surface area contributed by atoms with Crippen LogP contribution in [0.15, 0.2) is 48.5 Å². The molecule has 0 radical (unpaired) electrons. The van der Waals surface area contributed by atoms with Gasteiger partial charge in [-0.2, -0.15) is 0 Å². The Kier molecular flexibility index (Phi) is 4.83. The minimum atomic E-state index is 0.239. The summed E-state index contributed by atoms with van der Waals surface area (Å²) < 4.78 is 5.34. The van der Waals surface area contributed by atoms with E-state index >= 15 is 0 Å². The van der Waals surface area contributed by atoms with Crippen molar-refractivity contribution in [3.8, 4) is 5.75 Å². The summed E-state index contributed by atoms with van der Waals surface area (Å²) >= 11 is 6.01. The first kappa shape index (κ1) is 13.9. The topological polar surface area (TPSA) is 21.3 Å². The number of hydrogen-bond donors (Lipinski definition) is 1. The summed E-state index contributed by atoms with van der Waals surface area (Å²) in [6.07, 6.45) is 0. The van der Waals surface area contributed by atoms with Gasteiger partial charge in [0, 0.05) is 23.2 Å². The van der Waals surface area contributed by atoms with E-state index in [1.165, 1.54) is 5.56 Å².